The van der Waals surface area contributed by atoms with Crippen LogP contribution in [-0.2, 0) is 4.79 Å². The molecule has 0 unspecified atom stereocenters. The normalized spacial score (nSPS) is 27.2. The number of nitrogens with one attached hydrogen (secondary N) is 2. The van der Waals surface area contributed by atoms with Crippen molar-refractivity contribution in [2.24, 2.45) is 10.8 Å². The van der Waals surface area contributed by atoms with Gasteiger partial charge in [0, 0.05) is 32.2 Å². The minimum Gasteiger partial charge on any atom is -0.352 e. The predicted molar refractivity (Wildman–Crippen MR) is 82.7 cm³/mol. The van der Waals surface area contributed by atoms with E-state index in [1.54, 1.807) is 0 Å². The van der Waals surface area contributed by atoms with Crippen molar-refractivity contribution in [1.29, 1.82) is 0 Å². The third-order valence-electron chi connectivity index (χ3n) is 4.50. The van der Waals surface area contributed by atoms with Crippen LogP contribution in [0.3, 0.4) is 0 Å². The van der Waals surface area contributed by atoms with Crippen LogP contribution in [0.5, 0.6) is 0 Å². The largest absolute Gasteiger partial charge is 0.352 e. The van der Waals surface area contributed by atoms with E-state index in [0.717, 1.165) is 39.0 Å². The number of carbonyl (C=O) groups excluding carboxylic acids is 1. The maximum atomic E-state index is 12.2. The van der Waals surface area contributed by atoms with Gasteiger partial charge in [0.1, 0.15) is 0 Å². The smallest absolute Gasteiger partial charge is 0.234 e. The maximum absolute atomic E-state index is 12.2. The highest BCUT2D eigenvalue weighted by molar-refractivity contribution is 5.78. The highest BCUT2D eigenvalue weighted by Gasteiger charge is 2.38. The Labute approximate surface area is 123 Å². The summed E-state index contributed by atoms with van der Waals surface area (Å²) in [7, 11) is 0. The lowest BCUT2D eigenvalue weighted by Gasteiger charge is -2.45. The maximum Gasteiger partial charge on any atom is 0.234 e. The first kappa shape index (κ1) is 15.8. The van der Waals surface area contributed by atoms with Crippen LogP contribution in [-0.4, -0.2) is 49.6 Å². The molecule has 0 bridgehead atoms. The van der Waals surface area contributed by atoms with Gasteiger partial charge in [0.2, 0.25) is 5.91 Å². The van der Waals surface area contributed by atoms with Crippen molar-refractivity contribution in [2.45, 2.75) is 53.0 Å². The van der Waals surface area contributed by atoms with E-state index < -0.39 is 0 Å². The van der Waals surface area contributed by atoms with Gasteiger partial charge in [-0.15, -0.1) is 0 Å². The Balaban J connectivity index is 1.83. The molecule has 4 nitrogen and oxygen atoms in total. The molecular weight excluding hydrogens is 250 g/mol. The summed E-state index contributed by atoms with van der Waals surface area (Å²) in [6, 6.07) is 0.337. The minimum atomic E-state index is 0.199. The number of nitrogens with zero attached hydrogens (tertiary/aromatic N) is 1. The van der Waals surface area contributed by atoms with Crippen molar-refractivity contribution in [3.63, 3.8) is 0 Å². The van der Waals surface area contributed by atoms with Crippen molar-refractivity contribution in [2.75, 3.05) is 32.7 Å². The summed E-state index contributed by atoms with van der Waals surface area (Å²) in [5.74, 6) is 0.199. The minimum absolute atomic E-state index is 0.199. The lowest BCUT2D eigenvalue weighted by Crippen LogP contribution is -2.51. The van der Waals surface area contributed by atoms with Crippen molar-refractivity contribution in [3.8, 4) is 0 Å². The summed E-state index contributed by atoms with van der Waals surface area (Å²) in [5, 5.41) is 6.59. The number of rotatable bonds is 3. The number of carbonyl (C=O) groups is 1. The van der Waals surface area contributed by atoms with E-state index in [1.807, 2.05) is 0 Å². The van der Waals surface area contributed by atoms with E-state index >= 15 is 0 Å². The zero-order valence-electron chi connectivity index (χ0n) is 13.6. The third-order valence-corrected chi connectivity index (χ3v) is 4.50. The average Bonchev–Trinajstić information content (AvgIpc) is 2.25. The van der Waals surface area contributed by atoms with Gasteiger partial charge >= 0.3 is 0 Å². The summed E-state index contributed by atoms with van der Waals surface area (Å²) in [4.78, 5) is 14.5. The molecule has 0 atom stereocenters. The number of piperazine rings is 1. The molecule has 2 N–H and O–H groups in total. The van der Waals surface area contributed by atoms with Gasteiger partial charge in [-0.05, 0) is 30.1 Å². The Bertz CT molecular complexity index is 330. The summed E-state index contributed by atoms with van der Waals surface area (Å²) in [5.41, 5.74) is 0.656. The second kappa shape index (κ2) is 6.02. The van der Waals surface area contributed by atoms with Gasteiger partial charge in [0.25, 0.3) is 0 Å². The van der Waals surface area contributed by atoms with Crippen LogP contribution in [0.25, 0.3) is 0 Å². The Kier molecular flexibility index (Phi) is 4.75. The Morgan fingerprint density at radius 2 is 1.70 bits per heavy atom. The van der Waals surface area contributed by atoms with Crippen molar-refractivity contribution < 1.29 is 4.79 Å². The summed E-state index contributed by atoms with van der Waals surface area (Å²) in [6.07, 6.45) is 3.44. The van der Waals surface area contributed by atoms with Crippen molar-refractivity contribution >= 4 is 5.91 Å². The average molecular weight is 281 g/mol. The van der Waals surface area contributed by atoms with E-state index in [-0.39, 0.29) is 5.91 Å². The molecule has 2 fully saturated rings. The molecule has 0 aromatic rings. The molecule has 0 radical (unpaired) electrons. The monoisotopic (exact) mass is 281 g/mol. The Morgan fingerprint density at radius 3 is 2.25 bits per heavy atom. The van der Waals surface area contributed by atoms with Gasteiger partial charge in [-0.25, -0.2) is 0 Å². The zero-order valence-corrected chi connectivity index (χ0v) is 13.6. The molecule has 2 rings (SSSR count). The van der Waals surface area contributed by atoms with E-state index in [9.17, 15) is 4.79 Å². The van der Waals surface area contributed by atoms with Gasteiger partial charge in [0.15, 0.2) is 0 Å². The molecule has 4 heteroatoms. The van der Waals surface area contributed by atoms with Crippen LogP contribution in [0.15, 0.2) is 0 Å². The van der Waals surface area contributed by atoms with E-state index in [4.69, 9.17) is 0 Å². The molecule has 0 aromatic carbocycles. The molecule has 1 aliphatic carbocycles. The van der Waals surface area contributed by atoms with Crippen molar-refractivity contribution in [3.05, 3.63) is 0 Å². The molecule has 2 aliphatic rings. The van der Waals surface area contributed by atoms with E-state index in [0.29, 0.717) is 23.4 Å². The van der Waals surface area contributed by atoms with E-state index in [1.165, 1.54) is 6.42 Å². The topological polar surface area (TPSA) is 44.4 Å². The quantitative estimate of drug-likeness (QED) is 0.826. The molecule has 0 aromatic heterocycles. The molecular formula is C16H31N3O. The fourth-order valence-electron chi connectivity index (χ4n) is 4.29. The number of hydrogen-bond donors (Lipinski definition) is 2. The molecule has 1 aliphatic heterocycles. The zero-order chi connectivity index (χ0) is 14.8. The van der Waals surface area contributed by atoms with Gasteiger partial charge < -0.3 is 10.6 Å². The lowest BCUT2D eigenvalue weighted by molar-refractivity contribution is -0.123. The second-order valence-electron chi connectivity index (χ2n) is 8.20. The first-order valence-corrected chi connectivity index (χ1v) is 7.98. The summed E-state index contributed by atoms with van der Waals surface area (Å²) < 4.78 is 0. The van der Waals surface area contributed by atoms with Crippen LogP contribution in [0, 0.1) is 10.8 Å². The summed E-state index contributed by atoms with van der Waals surface area (Å²) in [6.45, 7) is 13.8. The van der Waals surface area contributed by atoms with Gasteiger partial charge in [-0.3, -0.25) is 9.69 Å². The molecule has 1 saturated heterocycles. The lowest BCUT2D eigenvalue weighted by atomic mass is 9.63. The van der Waals surface area contributed by atoms with Crippen LogP contribution in [0.2, 0.25) is 0 Å². The van der Waals surface area contributed by atoms with Gasteiger partial charge in [-0.2, -0.15) is 0 Å². The second-order valence-corrected chi connectivity index (χ2v) is 8.20. The molecule has 116 valence electrons. The fourth-order valence-corrected chi connectivity index (χ4v) is 4.29. The third kappa shape index (κ3) is 4.74. The van der Waals surface area contributed by atoms with Gasteiger partial charge in [-0.1, -0.05) is 27.7 Å². The molecule has 0 spiro atoms. The Morgan fingerprint density at radius 1 is 1.15 bits per heavy atom. The first-order valence-electron chi connectivity index (χ1n) is 7.98. The summed E-state index contributed by atoms with van der Waals surface area (Å²) >= 11 is 0. The van der Waals surface area contributed by atoms with E-state index in [2.05, 4.69) is 43.2 Å². The van der Waals surface area contributed by atoms with Gasteiger partial charge in [0.05, 0.1) is 6.54 Å². The fraction of sp³-hybridized carbons (Fsp3) is 0.938. The number of amides is 1. The van der Waals surface area contributed by atoms with Crippen LogP contribution >= 0.6 is 0 Å². The Hall–Kier alpha value is -0.610. The number of hydrogen-bond acceptors (Lipinski definition) is 3. The van der Waals surface area contributed by atoms with Crippen molar-refractivity contribution in [1.82, 2.24) is 15.5 Å². The highest BCUT2D eigenvalue weighted by Crippen LogP contribution is 2.45. The highest BCUT2D eigenvalue weighted by atomic mass is 16.2. The molecule has 1 amide bonds. The molecule has 1 heterocycles. The predicted octanol–water partition coefficient (Wildman–Crippen LogP) is 1.61. The van der Waals surface area contributed by atoms with Crippen LogP contribution in [0.4, 0.5) is 0 Å². The SMILES string of the molecule is CC1(C)CC(NC(=O)CN2CCNCC2)CC(C)(C)C1. The standard InChI is InChI=1S/C16H31N3O/c1-15(2)9-13(10-16(3,4)12-15)18-14(20)11-19-7-5-17-6-8-19/h13,17H,5-12H2,1-4H3,(H,18,20). The van der Waals surface area contributed by atoms with Crippen LogP contribution < -0.4 is 10.6 Å². The first-order chi connectivity index (χ1) is 9.26. The molecule has 20 heavy (non-hydrogen) atoms. The van der Waals surface area contributed by atoms with Crippen LogP contribution in [0.1, 0.15) is 47.0 Å². The molecule has 1 saturated carbocycles.